The zero-order valence-electron chi connectivity index (χ0n) is 25.1. The van der Waals surface area contributed by atoms with Crippen LogP contribution in [0.25, 0.3) is 0 Å². The molecule has 8 N–H and O–H groups in total. The summed E-state index contributed by atoms with van der Waals surface area (Å²) in [6.45, 7) is 9.22. The van der Waals surface area contributed by atoms with Crippen LogP contribution in [0.4, 0.5) is 11.4 Å². The minimum Gasteiger partial charge on any atom is -0.510 e. The molecule has 1 aromatic rings. The van der Waals surface area contributed by atoms with Gasteiger partial charge in [0.05, 0.1) is 29.4 Å². The van der Waals surface area contributed by atoms with E-state index in [1.165, 1.54) is 0 Å². The molecule has 42 heavy (non-hydrogen) atoms. The third-order valence-corrected chi connectivity index (χ3v) is 8.31. The van der Waals surface area contributed by atoms with Crippen LogP contribution in [0.15, 0.2) is 41.0 Å². The van der Waals surface area contributed by atoms with Gasteiger partial charge in [0, 0.05) is 42.5 Å². The van der Waals surface area contributed by atoms with E-state index in [0.29, 0.717) is 11.3 Å². The number of likely N-dealkylation sites (N-methyl/N-ethyl adjacent to an activating group) is 1. The van der Waals surface area contributed by atoms with Gasteiger partial charge in [0.15, 0.2) is 17.1 Å². The Hall–Kier alpha value is -3.87. The molecule has 0 heterocycles. The standard InChI is InChI=1S/C30H41N5O7/c1-13(31)20-26(39)23(35(7)8)16-10-14-9-15-18(34(5)6)11-17(33-19(36)12-32-29(2,3)4)24(37)22(15)25(38)21(14)28(41)30(16,42)27(20)40/h11,14,16,23,32,37,39,41-42H,1,9-10,12,31H2,2-8H3,(H,33,36)/t14-,16-,23?,30+/m0/s1. The first kappa shape index (κ1) is 31.1. The molecule has 0 bridgehead atoms. The average Bonchev–Trinajstić information content (AvgIpc) is 2.85. The van der Waals surface area contributed by atoms with Gasteiger partial charge in [-0.05, 0) is 65.3 Å². The predicted octanol–water partition coefficient (Wildman–Crippen LogP) is 1.50. The van der Waals surface area contributed by atoms with Crippen molar-refractivity contribution in [3.05, 3.63) is 52.1 Å². The van der Waals surface area contributed by atoms with Gasteiger partial charge in [-0.25, -0.2) is 0 Å². The first-order valence-corrected chi connectivity index (χ1v) is 13.7. The molecule has 0 aromatic heterocycles. The number of nitrogens with two attached hydrogens (primary N) is 1. The number of amides is 1. The minimum absolute atomic E-state index is 0.00781. The average molecular weight is 584 g/mol. The molecule has 1 amide bonds. The molecule has 0 fully saturated rings. The summed E-state index contributed by atoms with van der Waals surface area (Å²) in [5.74, 6) is -5.60. The van der Waals surface area contributed by atoms with Crippen molar-refractivity contribution in [2.24, 2.45) is 17.6 Å². The topological polar surface area (TPSA) is 189 Å². The molecule has 0 aliphatic heterocycles. The zero-order valence-corrected chi connectivity index (χ0v) is 25.1. The number of rotatable bonds is 6. The molecule has 12 heteroatoms. The quantitative estimate of drug-likeness (QED) is 0.240. The summed E-state index contributed by atoms with van der Waals surface area (Å²) in [5, 5.41) is 51.5. The highest BCUT2D eigenvalue weighted by Gasteiger charge is 2.62. The van der Waals surface area contributed by atoms with Gasteiger partial charge in [0.2, 0.25) is 11.7 Å². The Bertz CT molecular complexity index is 1450. The molecule has 4 rings (SSSR count). The maximum Gasteiger partial charge on any atom is 0.238 e. The summed E-state index contributed by atoms with van der Waals surface area (Å²) < 4.78 is 0. The van der Waals surface area contributed by atoms with Crippen LogP contribution >= 0.6 is 0 Å². The van der Waals surface area contributed by atoms with E-state index in [9.17, 15) is 34.8 Å². The molecule has 1 unspecified atom stereocenters. The second-order valence-corrected chi connectivity index (χ2v) is 12.8. The fourth-order valence-corrected chi connectivity index (χ4v) is 6.41. The number of aromatic hydroxyl groups is 1. The number of phenolic OH excluding ortho intramolecular Hbond substituents is 1. The predicted molar refractivity (Wildman–Crippen MR) is 159 cm³/mol. The van der Waals surface area contributed by atoms with Crippen molar-refractivity contribution >= 4 is 28.8 Å². The first-order chi connectivity index (χ1) is 19.3. The second-order valence-electron chi connectivity index (χ2n) is 12.8. The lowest BCUT2D eigenvalue weighted by Gasteiger charge is -2.50. The van der Waals surface area contributed by atoms with Crippen LogP contribution in [0.2, 0.25) is 0 Å². The van der Waals surface area contributed by atoms with Gasteiger partial charge in [-0.2, -0.15) is 0 Å². The number of anilines is 2. The normalized spacial score (nSPS) is 25.7. The number of hydrogen-bond donors (Lipinski definition) is 7. The van der Waals surface area contributed by atoms with Crippen molar-refractivity contribution in [3.63, 3.8) is 0 Å². The van der Waals surface area contributed by atoms with Gasteiger partial charge in [-0.15, -0.1) is 0 Å². The Morgan fingerprint density at radius 1 is 1.17 bits per heavy atom. The fraction of sp³-hybridized carbons (Fsp3) is 0.500. The van der Waals surface area contributed by atoms with Crippen LogP contribution in [0.1, 0.15) is 43.1 Å². The highest BCUT2D eigenvalue weighted by Crippen LogP contribution is 2.54. The summed E-state index contributed by atoms with van der Waals surface area (Å²) in [6, 6.07) is 0.675. The molecule has 0 saturated carbocycles. The Kier molecular flexibility index (Phi) is 7.73. The van der Waals surface area contributed by atoms with Gasteiger partial charge < -0.3 is 41.7 Å². The number of nitrogens with zero attached hydrogens (tertiary/aromatic N) is 2. The van der Waals surface area contributed by atoms with E-state index in [0.717, 1.165) is 0 Å². The molecular weight excluding hydrogens is 542 g/mol. The number of carbonyl (C=O) groups excluding carboxylic acids is 3. The monoisotopic (exact) mass is 583 g/mol. The summed E-state index contributed by atoms with van der Waals surface area (Å²) >= 11 is 0. The number of fused-ring (bicyclic) bond motifs is 3. The Balaban J connectivity index is 1.87. The van der Waals surface area contributed by atoms with Crippen LogP contribution in [0, 0.1) is 11.8 Å². The van der Waals surface area contributed by atoms with Gasteiger partial charge in [0.1, 0.15) is 11.5 Å². The van der Waals surface area contributed by atoms with Crippen molar-refractivity contribution < 1.29 is 34.8 Å². The third-order valence-electron chi connectivity index (χ3n) is 8.31. The van der Waals surface area contributed by atoms with Gasteiger partial charge in [-0.1, -0.05) is 6.58 Å². The van der Waals surface area contributed by atoms with E-state index < -0.39 is 58.0 Å². The number of aliphatic hydroxyl groups is 3. The lowest BCUT2D eigenvalue weighted by atomic mass is 9.58. The first-order valence-electron chi connectivity index (χ1n) is 13.7. The second kappa shape index (κ2) is 10.4. The summed E-state index contributed by atoms with van der Waals surface area (Å²) in [5.41, 5.74) is 2.98. The van der Waals surface area contributed by atoms with E-state index in [2.05, 4.69) is 17.2 Å². The smallest absolute Gasteiger partial charge is 0.238 e. The summed E-state index contributed by atoms with van der Waals surface area (Å²) in [6.07, 6.45) is 0.248. The SMILES string of the molecule is C=C(N)C1=C(O)C(N(C)C)[C@@H]2C[C@@H]3Cc4c(N(C)C)cc(NC(=O)CNC(C)(C)C)c(O)c4C(=O)C3=C(O)[C@]2(O)C1=O. The molecule has 4 atom stereocenters. The minimum atomic E-state index is -2.57. The number of hydrogen-bond acceptors (Lipinski definition) is 11. The van der Waals surface area contributed by atoms with Crippen molar-refractivity contribution in [1.29, 1.82) is 0 Å². The van der Waals surface area contributed by atoms with E-state index in [1.54, 1.807) is 44.1 Å². The Labute approximate surface area is 245 Å². The highest BCUT2D eigenvalue weighted by molar-refractivity contribution is 6.17. The van der Waals surface area contributed by atoms with Crippen LogP contribution in [-0.2, 0) is 16.0 Å². The lowest BCUT2D eigenvalue weighted by Crippen LogP contribution is -2.63. The molecule has 1 aromatic carbocycles. The van der Waals surface area contributed by atoms with E-state index >= 15 is 0 Å². The molecule has 0 spiro atoms. The molecule has 3 aliphatic rings. The summed E-state index contributed by atoms with van der Waals surface area (Å²) in [7, 11) is 6.83. The number of benzene rings is 1. The molecular formula is C30H41N5O7. The number of ketones is 2. The fourth-order valence-electron chi connectivity index (χ4n) is 6.41. The summed E-state index contributed by atoms with van der Waals surface area (Å²) in [4.78, 5) is 43.8. The number of Topliss-reactive ketones (excluding diaryl/α,β-unsaturated/α-hetero) is 2. The van der Waals surface area contributed by atoms with Gasteiger partial charge >= 0.3 is 0 Å². The van der Waals surface area contributed by atoms with Crippen LogP contribution in [-0.4, -0.2) is 94.7 Å². The Morgan fingerprint density at radius 2 is 1.79 bits per heavy atom. The molecule has 0 saturated heterocycles. The number of aliphatic hydroxyl groups excluding tert-OH is 2. The number of nitrogens with one attached hydrogen (secondary N) is 2. The maximum absolute atomic E-state index is 14.1. The van der Waals surface area contributed by atoms with Crippen molar-refractivity contribution in [1.82, 2.24) is 10.2 Å². The number of carbonyl (C=O) groups is 3. The largest absolute Gasteiger partial charge is 0.510 e. The Morgan fingerprint density at radius 3 is 2.31 bits per heavy atom. The van der Waals surface area contributed by atoms with Gasteiger partial charge in [-0.3, -0.25) is 19.3 Å². The zero-order chi connectivity index (χ0) is 31.6. The molecule has 3 aliphatic carbocycles. The third kappa shape index (κ3) is 4.83. The maximum atomic E-state index is 14.1. The molecule has 12 nitrogen and oxygen atoms in total. The highest BCUT2D eigenvalue weighted by atomic mass is 16.3. The van der Waals surface area contributed by atoms with Crippen LogP contribution < -0.4 is 21.3 Å². The van der Waals surface area contributed by atoms with E-state index in [-0.39, 0.29) is 53.2 Å². The van der Waals surface area contributed by atoms with Crippen LogP contribution in [0.5, 0.6) is 5.75 Å². The van der Waals surface area contributed by atoms with Crippen molar-refractivity contribution in [2.45, 2.75) is 50.8 Å². The van der Waals surface area contributed by atoms with Gasteiger partial charge in [0.25, 0.3) is 0 Å². The van der Waals surface area contributed by atoms with E-state index in [4.69, 9.17) is 5.73 Å². The lowest BCUT2D eigenvalue weighted by molar-refractivity contribution is -0.146. The van der Waals surface area contributed by atoms with E-state index in [1.807, 2.05) is 20.8 Å². The molecule has 228 valence electrons. The molecule has 0 radical (unpaired) electrons. The van der Waals surface area contributed by atoms with Crippen molar-refractivity contribution in [3.8, 4) is 5.75 Å². The number of phenols is 1. The van der Waals surface area contributed by atoms with Crippen molar-refractivity contribution in [2.75, 3.05) is 45.0 Å². The number of allylic oxidation sites excluding steroid dienone is 2. The van der Waals surface area contributed by atoms with Crippen LogP contribution in [0.3, 0.4) is 0 Å².